The summed E-state index contributed by atoms with van der Waals surface area (Å²) < 4.78 is 28.2. The van der Waals surface area contributed by atoms with Crippen molar-refractivity contribution in [3.05, 3.63) is 23.3 Å². The van der Waals surface area contributed by atoms with Gasteiger partial charge in [0.25, 0.3) is 5.91 Å². The molecule has 0 heterocycles. The first-order valence-electron chi connectivity index (χ1n) is 5.60. The zero-order chi connectivity index (χ0) is 14.8. The lowest BCUT2D eigenvalue weighted by atomic mass is 10.1. The van der Waals surface area contributed by atoms with E-state index in [-0.39, 0.29) is 17.4 Å². The van der Waals surface area contributed by atoms with E-state index >= 15 is 0 Å². The fraction of sp³-hybridized carbons (Fsp3) is 0.417. The standard InChI is InChI=1S/C12H18N2O4S/c1-8-5-10(18-7-11(15)14(3)4)6-9(2)12(8)19(13,16)17/h5-6H,7H2,1-4H3,(H2,13,16,17). The van der Waals surface area contributed by atoms with Crippen LogP contribution in [0, 0.1) is 13.8 Å². The summed E-state index contributed by atoms with van der Waals surface area (Å²) >= 11 is 0. The second-order valence-corrected chi connectivity index (χ2v) is 6.01. The van der Waals surface area contributed by atoms with Gasteiger partial charge in [0.1, 0.15) is 5.75 Å². The van der Waals surface area contributed by atoms with Crippen LogP contribution in [0.5, 0.6) is 5.75 Å². The highest BCUT2D eigenvalue weighted by molar-refractivity contribution is 7.89. The number of hydrogen-bond donors (Lipinski definition) is 1. The van der Waals surface area contributed by atoms with Gasteiger partial charge in [0.05, 0.1) is 4.90 Å². The Morgan fingerprint density at radius 2 is 1.74 bits per heavy atom. The smallest absolute Gasteiger partial charge is 0.259 e. The van der Waals surface area contributed by atoms with E-state index < -0.39 is 10.0 Å². The SMILES string of the molecule is Cc1cc(OCC(=O)N(C)C)cc(C)c1S(N)(=O)=O. The molecule has 0 fully saturated rings. The second kappa shape index (κ2) is 5.58. The summed E-state index contributed by atoms with van der Waals surface area (Å²) in [6.45, 7) is 3.17. The predicted molar refractivity (Wildman–Crippen MR) is 71.5 cm³/mol. The van der Waals surface area contributed by atoms with Gasteiger partial charge in [0, 0.05) is 14.1 Å². The molecule has 106 valence electrons. The molecule has 0 atom stereocenters. The molecule has 19 heavy (non-hydrogen) atoms. The number of ether oxygens (including phenoxy) is 1. The Hall–Kier alpha value is -1.60. The molecule has 1 amide bonds. The summed E-state index contributed by atoms with van der Waals surface area (Å²) in [5.74, 6) is 0.267. The number of hydrogen-bond acceptors (Lipinski definition) is 4. The predicted octanol–water partition coefficient (Wildman–Crippen LogP) is 0.418. The molecule has 0 aliphatic rings. The third kappa shape index (κ3) is 3.93. The van der Waals surface area contributed by atoms with Crippen LogP contribution in [0.3, 0.4) is 0 Å². The first-order valence-corrected chi connectivity index (χ1v) is 7.14. The van der Waals surface area contributed by atoms with Gasteiger partial charge in [-0.05, 0) is 37.1 Å². The summed E-state index contributed by atoms with van der Waals surface area (Å²) in [4.78, 5) is 12.9. The molecule has 1 rings (SSSR count). The molecule has 6 nitrogen and oxygen atoms in total. The molecule has 0 aromatic heterocycles. The minimum Gasteiger partial charge on any atom is -0.484 e. The number of rotatable bonds is 4. The molecule has 0 bridgehead atoms. The van der Waals surface area contributed by atoms with Crippen molar-refractivity contribution < 1.29 is 17.9 Å². The number of benzene rings is 1. The fourth-order valence-corrected chi connectivity index (χ4v) is 2.73. The van der Waals surface area contributed by atoms with Crippen molar-refractivity contribution in [2.45, 2.75) is 18.7 Å². The molecule has 7 heteroatoms. The molecule has 0 unspecified atom stereocenters. The van der Waals surface area contributed by atoms with Crippen LogP contribution >= 0.6 is 0 Å². The number of carbonyl (C=O) groups excluding carboxylic acids is 1. The normalized spacial score (nSPS) is 11.2. The van der Waals surface area contributed by atoms with E-state index in [1.807, 2.05) is 0 Å². The van der Waals surface area contributed by atoms with Crippen LogP contribution in [-0.2, 0) is 14.8 Å². The Morgan fingerprint density at radius 1 is 1.26 bits per heavy atom. The Labute approximate surface area is 113 Å². The van der Waals surface area contributed by atoms with Gasteiger partial charge in [-0.2, -0.15) is 0 Å². The molecule has 0 saturated heterocycles. The number of nitrogens with two attached hydrogens (primary N) is 1. The van der Waals surface area contributed by atoms with Gasteiger partial charge in [-0.3, -0.25) is 4.79 Å². The van der Waals surface area contributed by atoms with Crippen molar-refractivity contribution in [3.8, 4) is 5.75 Å². The van der Waals surface area contributed by atoms with Crippen molar-refractivity contribution in [2.75, 3.05) is 20.7 Å². The van der Waals surface area contributed by atoms with Crippen LogP contribution < -0.4 is 9.88 Å². The van der Waals surface area contributed by atoms with Gasteiger partial charge < -0.3 is 9.64 Å². The van der Waals surface area contributed by atoms with E-state index in [1.165, 1.54) is 4.90 Å². The van der Waals surface area contributed by atoms with E-state index in [0.717, 1.165) is 0 Å². The quantitative estimate of drug-likeness (QED) is 0.868. The summed E-state index contributed by atoms with van der Waals surface area (Å²) in [7, 11) is -0.494. The monoisotopic (exact) mass is 286 g/mol. The third-order valence-corrected chi connectivity index (χ3v) is 3.79. The molecule has 0 aliphatic carbocycles. The molecule has 0 aliphatic heterocycles. The highest BCUT2D eigenvalue weighted by Gasteiger charge is 2.16. The van der Waals surface area contributed by atoms with Gasteiger partial charge in [-0.1, -0.05) is 0 Å². The average molecular weight is 286 g/mol. The Kier molecular flexibility index (Phi) is 4.54. The van der Waals surface area contributed by atoms with Crippen molar-refractivity contribution in [2.24, 2.45) is 5.14 Å². The number of primary sulfonamides is 1. The third-order valence-electron chi connectivity index (χ3n) is 2.58. The van der Waals surface area contributed by atoms with E-state index in [2.05, 4.69) is 0 Å². The number of carbonyl (C=O) groups is 1. The van der Waals surface area contributed by atoms with Gasteiger partial charge in [0.2, 0.25) is 10.0 Å². The minimum absolute atomic E-state index is 0.0961. The largest absolute Gasteiger partial charge is 0.484 e. The number of amides is 1. The van der Waals surface area contributed by atoms with Crippen molar-refractivity contribution in [3.63, 3.8) is 0 Å². The van der Waals surface area contributed by atoms with Crippen molar-refractivity contribution >= 4 is 15.9 Å². The van der Waals surface area contributed by atoms with Gasteiger partial charge >= 0.3 is 0 Å². The maximum Gasteiger partial charge on any atom is 0.259 e. The Bertz CT molecular complexity index is 571. The maximum absolute atomic E-state index is 11.4. The lowest BCUT2D eigenvalue weighted by Crippen LogP contribution is -2.27. The van der Waals surface area contributed by atoms with Crippen molar-refractivity contribution in [1.29, 1.82) is 0 Å². The number of sulfonamides is 1. The van der Waals surface area contributed by atoms with Crippen molar-refractivity contribution in [1.82, 2.24) is 4.90 Å². The first kappa shape index (κ1) is 15.5. The topological polar surface area (TPSA) is 89.7 Å². The van der Waals surface area contributed by atoms with E-state index in [9.17, 15) is 13.2 Å². The maximum atomic E-state index is 11.4. The summed E-state index contributed by atoms with van der Waals surface area (Å²) in [5.41, 5.74) is 0.990. The lowest BCUT2D eigenvalue weighted by Gasteiger charge is -2.14. The number of likely N-dealkylation sites (N-methyl/N-ethyl adjacent to an activating group) is 1. The summed E-state index contributed by atoms with van der Waals surface area (Å²) in [6, 6.07) is 3.10. The second-order valence-electron chi connectivity index (χ2n) is 4.51. The molecule has 0 radical (unpaired) electrons. The van der Waals surface area contributed by atoms with Crippen LogP contribution in [0.15, 0.2) is 17.0 Å². The molecular weight excluding hydrogens is 268 g/mol. The Balaban J connectivity index is 3.00. The highest BCUT2D eigenvalue weighted by Crippen LogP contribution is 2.24. The lowest BCUT2D eigenvalue weighted by molar-refractivity contribution is -0.130. The van der Waals surface area contributed by atoms with E-state index in [4.69, 9.17) is 9.88 Å². The highest BCUT2D eigenvalue weighted by atomic mass is 32.2. The summed E-state index contributed by atoms with van der Waals surface area (Å²) in [6.07, 6.45) is 0. The minimum atomic E-state index is -3.76. The molecule has 2 N–H and O–H groups in total. The van der Waals surface area contributed by atoms with Gasteiger partial charge in [0.15, 0.2) is 6.61 Å². The van der Waals surface area contributed by atoms with Gasteiger partial charge in [-0.25, -0.2) is 13.6 Å². The molecule has 0 saturated carbocycles. The van der Waals surface area contributed by atoms with E-state index in [0.29, 0.717) is 16.9 Å². The fourth-order valence-electron chi connectivity index (χ4n) is 1.72. The molecule has 0 spiro atoms. The Morgan fingerprint density at radius 3 is 2.11 bits per heavy atom. The number of aryl methyl sites for hydroxylation is 2. The van der Waals surface area contributed by atoms with Crippen LogP contribution in [-0.4, -0.2) is 39.9 Å². The van der Waals surface area contributed by atoms with Gasteiger partial charge in [-0.15, -0.1) is 0 Å². The zero-order valence-corrected chi connectivity index (χ0v) is 12.2. The molecule has 1 aromatic rings. The van der Waals surface area contributed by atoms with Crippen LogP contribution in [0.2, 0.25) is 0 Å². The first-order chi connectivity index (χ1) is 8.62. The van der Waals surface area contributed by atoms with E-state index in [1.54, 1.807) is 40.1 Å². The molecule has 1 aromatic carbocycles. The van der Waals surface area contributed by atoms with Crippen LogP contribution in [0.25, 0.3) is 0 Å². The average Bonchev–Trinajstić information content (AvgIpc) is 2.22. The van der Waals surface area contributed by atoms with Crippen LogP contribution in [0.1, 0.15) is 11.1 Å². The van der Waals surface area contributed by atoms with Crippen LogP contribution in [0.4, 0.5) is 0 Å². The zero-order valence-electron chi connectivity index (χ0n) is 11.4. The summed E-state index contributed by atoms with van der Waals surface area (Å²) in [5, 5.41) is 5.14. The number of nitrogens with zero attached hydrogens (tertiary/aromatic N) is 1. The molecular formula is C12H18N2O4S.